The van der Waals surface area contributed by atoms with Crippen molar-refractivity contribution in [3.05, 3.63) is 100 Å². The van der Waals surface area contributed by atoms with E-state index in [1.807, 2.05) is 0 Å². The molecule has 9 heteroatoms. The molecule has 0 aliphatic heterocycles. The molecule has 6 nitrogen and oxygen atoms in total. The van der Waals surface area contributed by atoms with Crippen molar-refractivity contribution in [3.63, 3.8) is 0 Å². The quantitative estimate of drug-likeness (QED) is 0.412. The van der Waals surface area contributed by atoms with Gasteiger partial charge in [-0.15, -0.1) is 0 Å². The van der Waals surface area contributed by atoms with Gasteiger partial charge in [0.25, 0.3) is 0 Å². The van der Waals surface area contributed by atoms with Crippen molar-refractivity contribution in [2.24, 2.45) is 0 Å². The minimum absolute atomic E-state index is 0.0137. The molecule has 0 bridgehead atoms. The first-order valence-corrected chi connectivity index (χ1v) is 9.82. The standard InChI is InChI=1S/C23H15ClF2N4O2/c24-17-4-1-13(9-19(17)26)12-29-23(32)30-15-3-5-18(25)16(11-15)22(31)14-2-6-20-21(10-14)28-8-7-27-20/h1-11H,12H2,(H2,29,30,32). The lowest BCUT2D eigenvalue weighted by Gasteiger charge is -2.10. The molecule has 0 radical (unpaired) electrons. The second-order valence-electron chi connectivity index (χ2n) is 6.84. The third-order valence-corrected chi connectivity index (χ3v) is 4.94. The first kappa shape index (κ1) is 21.3. The van der Waals surface area contributed by atoms with Gasteiger partial charge in [0.1, 0.15) is 11.6 Å². The van der Waals surface area contributed by atoms with Gasteiger partial charge in [-0.3, -0.25) is 14.8 Å². The number of fused-ring (bicyclic) bond motifs is 1. The minimum atomic E-state index is -0.725. The van der Waals surface area contributed by atoms with Crippen molar-refractivity contribution in [2.75, 3.05) is 5.32 Å². The summed E-state index contributed by atoms with van der Waals surface area (Å²) >= 11 is 5.64. The van der Waals surface area contributed by atoms with Crippen LogP contribution in [0.3, 0.4) is 0 Å². The van der Waals surface area contributed by atoms with E-state index in [-0.39, 0.29) is 28.4 Å². The van der Waals surface area contributed by atoms with E-state index >= 15 is 0 Å². The van der Waals surface area contributed by atoms with Gasteiger partial charge < -0.3 is 10.6 Å². The van der Waals surface area contributed by atoms with Crippen LogP contribution in [0.15, 0.2) is 67.0 Å². The minimum Gasteiger partial charge on any atom is -0.334 e. The summed E-state index contributed by atoms with van der Waals surface area (Å²) in [7, 11) is 0. The number of rotatable bonds is 5. The second kappa shape index (κ2) is 9.07. The summed E-state index contributed by atoms with van der Waals surface area (Å²) in [5.41, 5.74) is 1.88. The lowest BCUT2D eigenvalue weighted by Crippen LogP contribution is -2.28. The molecule has 32 heavy (non-hydrogen) atoms. The summed E-state index contributed by atoms with van der Waals surface area (Å²) in [4.78, 5) is 33.3. The van der Waals surface area contributed by atoms with E-state index in [4.69, 9.17) is 11.6 Å². The summed E-state index contributed by atoms with van der Waals surface area (Å²) in [6.45, 7) is 0.0467. The number of halogens is 3. The molecule has 4 rings (SSSR count). The lowest BCUT2D eigenvalue weighted by atomic mass is 10.0. The van der Waals surface area contributed by atoms with Crippen LogP contribution in [-0.4, -0.2) is 21.8 Å². The van der Waals surface area contributed by atoms with Crippen molar-refractivity contribution in [2.45, 2.75) is 6.54 Å². The van der Waals surface area contributed by atoms with Gasteiger partial charge in [0.15, 0.2) is 5.78 Å². The summed E-state index contributed by atoms with van der Waals surface area (Å²) in [6, 6.07) is 12.0. The molecule has 0 saturated carbocycles. The average Bonchev–Trinajstić information content (AvgIpc) is 2.80. The fourth-order valence-corrected chi connectivity index (χ4v) is 3.16. The van der Waals surface area contributed by atoms with E-state index in [1.165, 1.54) is 48.8 Å². The molecule has 0 unspecified atom stereocenters. The Morgan fingerprint density at radius 3 is 2.44 bits per heavy atom. The van der Waals surface area contributed by atoms with Crippen LogP contribution in [0.1, 0.15) is 21.5 Å². The van der Waals surface area contributed by atoms with Crippen LogP contribution in [-0.2, 0) is 6.54 Å². The normalized spacial score (nSPS) is 10.7. The Morgan fingerprint density at radius 2 is 1.66 bits per heavy atom. The van der Waals surface area contributed by atoms with Crippen LogP contribution in [0.4, 0.5) is 19.3 Å². The Balaban J connectivity index is 1.48. The molecule has 0 atom stereocenters. The van der Waals surface area contributed by atoms with E-state index in [0.717, 1.165) is 6.07 Å². The van der Waals surface area contributed by atoms with Gasteiger partial charge in [-0.1, -0.05) is 17.7 Å². The molecule has 3 aromatic carbocycles. The molecule has 2 amide bonds. The van der Waals surface area contributed by atoms with Crippen LogP contribution in [0.2, 0.25) is 5.02 Å². The zero-order valence-electron chi connectivity index (χ0n) is 16.4. The highest BCUT2D eigenvalue weighted by atomic mass is 35.5. The monoisotopic (exact) mass is 452 g/mol. The summed E-state index contributed by atoms with van der Waals surface area (Å²) in [5.74, 6) is -1.87. The van der Waals surface area contributed by atoms with Crippen LogP contribution >= 0.6 is 11.6 Å². The Kier molecular flexibility index (Phi) is 6.04. The fraction of sp³-hybridized carbons (Fsp3) is 0.0435. The maximum atomic E-state index is 14.4. The van der Waals surface area contributed by atoms with Gasteiger partial charge in [-0.05, 0) is 54.1 Å². The summed E-state index contributed by atoms with van der Waals surface area (Å²) in [5, 5.41) is 5.07. The highest BCUT2D eigenvalue weighted by Gasteiger charge is 2.16. The molecule has 0 fully saturated rings. The molecular weight excluding hydrogens is 438 g/mol. The first-order valence-electron chi connectivity index (χ1n) is 9.44. The van der Waals surface area contributed by atoms with Crippen molar-refractivity contribution in [1.29, 1.82) is 0 Å². The lowest BCUT2D eigenvalue weighted by molar-refractivity contribution is 0.103. The summed E-state index contributed by atoms with van der Waals surface area (Å²) < 4.78 is 27.9. The molecule has 0 spiro atoms. The number of benzene rings is 3. The molecule has 4 aromatic rings. The third-order valence-electron chi connectivity index (χ3n) is 4.64. The zero-order valence-corrected chi connectivity index (χ0v) is 17.2. The van der Waals surface area contributed by atoms with Gasteiger partial charge in [0, 0.05) is 30.2 Å². The number of urea groups is 1. The molecule has 0 saturated heterocycles. The number of ketones is 1. The van der Waals surface area contributed by atoms with Crippen LogP contribution in [0, 0.1) is 11.6 Å². The van der Waals surface area contributed by atoms with Gasteiger partial charge >= 0.3 is 6.03 Å². The highest BCUT2D eigenvalue weighted by molar-refractivity contribution is 6.30. The molecular formula is C23H15ClF2N4O2. The predicted molar refractivity (Wildman–Crippen MR) is 117 cm³/mol. The number of carbonyl (C=O) groups is 2. The zero-order chi connectivity index (χ0) is 22.7. The number of amides is 2. The number of carbonyl (C=O) groups excluding carboxylic acids is 2. The van der Waals surface area contributed by atoms with Crippen LogP contribution in [0.25, 0.3) is 11.0 Å². The highest BCUT2D eigenvalue weighted by Crippen LogP contribution is 2.21. The van der Waals surface area contributed by atoms with E-state index in [2.05, 4.69) is 20.6 Å². The molecule has 2 N–H and O–H groups in total. The number of hydrogen-bond acceptors (Lipinski definition) is 4. The fourth-order valence-electron chi connectivity index (χ4n) is 3.04. The van der Waals surface area contributed by atoms with Gasteiger partial charge in [-0.25, -0.2) is 13.6 Å². The molecule has 0 aliphatic rings. The van der Waals surface area contributed by atoms with Gasteiger partial charge in [-0.2, -0.15) is 0 Å². The van der Waals surface area contributed by atoms with Crippen molar-refractivity contribution < 1.29 is 18.4 Å². The molecule has 1 heterocycles. The third kappa shape index (κ3) is 4.70. The maximum absolute atomic E-state index is 14.4. The van der Waals surface area contributed by atoms with Crippen LogP contribution in [0.5, 0.6) is 0 Å². The predicted octanol–water partition coefficient (Wildman–Crippen LogP) is 5.11. The van der Waals surface area contributed by atoms with Crippen molar-refractivity contribution in [3.8, 4) is 0 Å². The SMILES string of the molecule is O=C(NCc1ccc(Cl)c(F)c1)Nc1ccc(F)c(C(=O)c2ccc3nccnc3c2)c1. The van der Waals surface area contributed by atoms with E-state index < -0.39 is 23.4 Å². The van der Waals surface area contributed by atoms with Crippen molar-refractivity contribution in [1.82, 2.24) is 15.3 Å². The van der Waals surface area contributed by atoms with E-state index in [1.54, 1.807) is 12.1 Å². The Morgan fingerprint density at radius 1 is 0.875 bits per heavy atom. The van der Waals surface area contributed by atoms with Crippen LogP contribution < -0.4 is 10.6 Å². The van der Waals surface area contributed by atoms with Gasteiger partial charge in [0.05, 0.1) is 21.6 Å². The second-order valence-corrected chi connectivity index (χ2v) is 7.25. The topological polar surface area (TPSA) is 84.0 Å². The first-order chi connectivity index (χ1) is 15.4. The molecule has 1 aromatic heterocycles. The summed E-state index contributed by atoms with van der Waals surface area (Å²) in [6.07, 6.45) is 3.03. The number of anilines is 1. The van der Waals surface area contributed by atoms with E-state index in [0.29, 0.717) is 16.6 Å². The average molecular weight is 453 g/mol. The smallest absolute Gasteiger partial charge is 0.319 e. The number of hydrogen-bond donors (Lipinski definition) is 2. The Labute approximate surface area is 186 Å². The Bertz CT molecular complexity index is 1350. The van der Waals surface area contributed by atoms with E-state index in [9.17, 15) is 18.4 Å². The maximum Gasteiger partial charge on any atom is 0.319 e. The van der Waals surface area contributed by atoms with Crippen molar-refractivity contribution >= 4 is 40.1 Å². The largest absolute Gasteiger partial charge is 0.334 e. The molecule has 160 valence electrons. The number of nitrogens with zero attached hydrogens (tertiary/aromatic N) is 2. The Hall–Kier alpha value is -3.91. The van der Waals surface area contributed by atoms with Gasteiger partial charge in [0.2, 0.25) is 0 Å². The molecule has 0 aliphatic carbocycles. The number of aromatic nitrogens is 2. The number of nitrogens with one attached hydrogen (secondary N) is 2.